The van der Waals surface area contributed by atoms with Crippen LogP contribution in [0.4, 0.5) is 5.82 Å². The van der Waals surface area contributed by atoms with E-state index in [1.165, 1.54) is 0 Å². The smallest absolute Gasteiger partial charge is 0.221 e. The molecule has 1 atom stereocenters. The summed E-state index contributed by atoms with van der Waals surface area (Å²) in [4.78, 5) is 19.7. The van der Waals surface area contributed by atoms with Gasteiger partial charge in [0.05, 0.1) is 11.4 Å². The van der Waals surface area contributed by atoms with Gasteiger partial charge >= 0.3 is 0 Å². The molecule has 0 radical (unpaired) electrons. The van der Waals surface area contributed by atoms with Crippen molar-refractivity contribution in [2.45, 2.75) is 11.2 Å². The second-order valence-electron chi connectivity index (χ2n) is 7.62. The number of aliphatic imine (C=N–C) groups is 2. The number of aromatic amines is 1. The van der Waals surface area contributed by atoms with E-state index in [1.807, 2.05) is 42.5 Å². The second kappa shape index (κ2) is 9.41. The number of thioether (sulfide) groups is 1. The minimum Gasteiger partial charge on any atom is -0.340 e. The van der Waals surface area contributed by atoms with Gasteiger partial charge < -0.3 is 20.4 Å². The summed E-state index contributed by atoms with van der Waals surface area (Å²) in [6.45, 7) is 3.85. The van der Waals surface area contributed by atoms with Crippen molar-refractivity contribution in [3.05, 3.63) is 60.8 Å². The van der Waals surface area contributed by atoms with Gasteiger partial charge in [-0.1, -0.05) is 36.0 Å². The third kappa shape index (κ3) is 4.92. The summed E-state index contributed by atoms with van der Waals surface area (Å²) in [5, 5.41) is 15.0. The number of nitrogens with zero attached hydrogens (tertiary/aromatic N) is 6. The Labute approximate surface area is 191 Å². The summed E-state index contributed by atoms with van der Waals surface area (Å²) in [6.07, 6.45) is 1.29. The Balaban J connectivity index is 1.36. The van der Waals surface area contributed by atoms with Gasteiger partial charge in [0.2, 0.25) is 12.2 Å². The van der Waals surface area contributed by atoms with Crippen molar-refractivity contribution in [1.29, 1.82) is 0 Å². The molecule has 2 aliphatic heterocycles. The van der Waals surface area contributed by atoms with Crippen LogP contribution in [0, 0.1) is 0 Å². The molecule has 3 aromatic rings. The second-order valence-corrected chi connectivity index (χ2v) is 8.68. The minimum atomic E-state index is -0.475. The van der Waals surface area contributed by atoms with Crippen LogP contribution in [0.1, 0.15) is 0 Å². The number of rotatable bonds is 4. The number of likely N-dealkylation sites (N-methyl/N-ethyl adjacent to an activating group) is 1. The lowest BCUT2D eigenvalue weighted by Gasteiger charge is -2.36. The summed E-state index contributed by atoms with van der Waals surface area (Å²) in [5.41, 5.74) is 1.68. The molecule has 0 bridgehead atoms. The van der Waals surface area contributed by atoms with Gasteiger partial charge in [0.15, 0.2) is 11.0 Å². The van der Waals surface area contributed by atoms with Crippen LogP contribution >= 0.6 is 11.8 Å². The molecule has 0 amide bonds. The zero-order valence-corrected chi connectivity index (χ0v) is 18.6. The van der Waals surface area contributed by atoms with E-state index >= 15 is 0 Å². The first kappa shape index (κ1) is 20.5. The third-order valence-electron chi connectivity index (χ3n) is 5.26. The Bertz CT molecular complexity index is 1090. The highest BCUT2D eigenvalue weighted by Crippen LogP contribution is 2.22. The molecule has 2 aliphatic rings. The fourth-order valence-electron chi connectivity index (χ4n) is 3.49. The maximum Gasteiger partial charge on any atom is 0.221 e. The van der Waals surface area contributed by atoms with Crippen LogP contribution in [-0.4, -0.2) is 75.6 Å². The third-order valence-corrected chi connectivity index (χ3v) is 6.17. The number of benzene rings is 1. The average molecular weight is 448 g/mol. The normalized spacial score (nSPS) is 19.2. The molecular formula is C22H25N9S. The number of aromatic nitrogens is 3. The Morgan fingerprint density at radius 1 is 1.00 bits per heavy atom. The molecule has 0 aliphatic carbocycles. The predicted octanol–water partition coefficient (Wildman–Crippen LogP) is 2.52. The van der Waals surface area contributed by atoms with E-state index in [1.54, 1.807) is 18.0 Å². The number of H-pyrrole nitrogens is 1. The number of hydrogen-bond donors (Lipinski definition) is 3. The number of anilines is 1. The molecule has 32 heavy (non-hydrogen) atoms. The van der Waals surface area contributed by atoms with Gasteiger partial charge in [-0.15, -0.1) is 0 Å². The topological polar surface area (TPSA) is 96.8 Å². The van der Waals surface area contributed by atoms with E-state index in [4.69, 9.17) is 9.98 Å². The highest BCUT2D eigenvalue weighted by Gasteiger charge is 2.24. The lowest BCUT2D eigenvalue weighted by molar-refractivity contribution is 0.212. The highest BCUT2D eigenvalue weighted by atomic mass is 32.2. The van der Waals surface area contributed by atoms with E-state index in [-0.39, 0.29) is 0 Å². The molecule has 1 aromatic carbocycles. The van der Waals surface area contributed by atoms with Crippen molar-refractivity contribution in [2.75, 3.05) is 38.5 Å². The molecule has 3 N–H and O–H groups in total. The van der Waals surface area contributed by atoms with Crippen LogP contribution in [0.15, 0.2) is 75.7 Å². The molecule has 1 unspecified atom stereocenters. The van der Waals surface area contributed by atoms with Crippen molar-refractivity contribution in [3.8, 4) is 11.4 Å². The highest BCUT2D eigenvalue weighted by molar-refractivity contribution is 8.13. The molecule has 5 rings (SSSR count). The zero-order valence-electron chi connectivity index (χ0n) is 17.8. The summed E-state index contributed by atoms with van der Waals surface area (Å²) in [5.74, 6) is 1.51. The number of hydrogen-bond acceptors (Lipinski definition) is 9. The minimum absolute atomic E-state index is 0.475. The maximum atomic E-state index is 4.83. The first-order chi connectivity index (χ1) is 15.7. The van der Waals surface area contributed by atoms with Crippen LogP contribution in [0.3, 0.4) is 0 Å². The Morgan fingerprint density at radius 2 is 1.81 bits per heavy atom. The van der Waals surface area contributed by atoms with Gasteiger partial charge in [0, 0.05) is 43.3 Å². The van der Waals surface area contributed by atoms with Crippen molar-refractivity contribution in [1.82, 2.24) is 30.3 Å². The number of guanidine groups is 1. The van der Waals surface area contributed by atoms with Crippen LogP contribution in [0.2, 0.25) is 0 Å². The van der Waals surface area contributed by atoms with Crippen LogP contribution in [-0.2, 0) is 0 Å². The lowest BCUT2D eigenvalue weighted by atomic mass is 10.3. The fourth-order valence-corrected chi connectivity index (χ4v) is 4.30. The molecule has 2 aromatic heterocycles. The largest absolute Gasteiger partial charge is 0.340 e. The molecule has 1 saturated heterocycles. The monoisotopic (exact) mass is 447 g/mol. The van der Waals surface area contributed by atoms with E-state index in [0.717, 1.165) is 53.6 Å². The predicted molar refractivity (Wildman–Crippen MR) is 129 cm³/mol. The number of nitrogens with one attached hydrogen (secondary N) is 3. The first-order valence-electron chi connectivity index (χ1n) is 10.6. The Hall–Kier alpha value is -3.37. The van der Waals surface area contributed by atoms with Gasteiger partial charge in [-0.05, 0) is 31.3 Å². The molecule has 4 heterocycles. The zero-order chi connectivity index (χ0) is 21.8. The van der Waals surface area contributed by atoms with Crippen LogP contribution < -0.4 is 10.6 Å². The molecule has 164 valence electrons. The molecular weight excluding hydrogens is 422 g/mol. The van der Waals surface area contributed by atoms with Crippen LogP contribution in [0.25, 0.3) is 11.4 Å². The van der Waals surface area contributed by atoms with Gasteiger partial charge in [0.25, 0.3) is 0 Å². The van der Waals surface area contributed by atoms with Crippen molar-refractivity contribution < 1.29 is 0 Å². The number of piperazine rings is 1. The quantitative estimate of drug-likeness (QED) is 0.565. The van der Waals surface area contributed by atoms with E-state index < -0.39 is 6.29 Å². The standard InChI is InChI=1S/C22H25N9S/c1-30-11-13-31(14-12-30)21-25-20(26-22(27-21)32-16-7-3-2-4-8-16)24-19-15-18(28-29-19)17-9-5-6-10-23-17/h2-10,15,20H,11-14H2,1H3,(H2,24,28,29)(H,25,26,27). The SMILES string of the molecule is CN1CCN(C2=NC(Nc3cc(-c4ccccn4)[nH]n3)N=C(Sc3ccccc3)N2)CC1. The van der Waals surface area contributed by atoms with E-state index in [0.29, 0.717) is 5.82 Å². The van der Waals surface area contributed by atoms with Crippen molar-refractivity contribution >= 4 is 28.7 Å². The van der Waals surface area contributed by atoms with Crippen molar-refractivity contribution in [3.63, 3.8) is 0 Å². The van der Waals surface area contributed by atoms with Crippen molar-refractivity contribution in [2.24, 2.45) is 9.98 Å². The molecule has 1 fully saturated rings. The molecule has 0 spiro atoms. The Kier molecular flexibility index (Phi) is 6.04. The van der Waals surface area contributed by atoms with Gasteiger partial charge in [0.1, 0.15) is 0 Å². The molecule has 9 nitrogen and oxygen atoms in total. The lowest BCUT2D eigenvalue weighted by Crippen LogP contribution is -2.54. The summed E-state index contributed by atoms with van der Waals surface area (Å²) < 4.78 is 0. The van der Waals surface area contributed by atoms with Crippen LogP contribution in [0.5, 0.6) is 0 Å². The fraction of sp³-hybridized carbons (Fsp3) is 0.273. The number of amidine groups is 1. The Morgan fingerprint density at radius 3 is 2.59 bits per heavy atom. The van der Waals surface area contributed by atoms with Gasteiger partial charge in [-0.2, -0.15) is 5.10 Å². The molecule has 0 saturated carbocycles. The summed E-state index contributed by atoms with van der Waals surface area (Å²) >= 11 is 1.59. The van der Waals surface area contributed by atoms with E-state index in [2.05, 4.69) is 54.8 Å². The maximum absolute atomic E-state index is 4.83. The first-order valence-corrected chi connectivity index (χ1v) is 11.4. The average Bonchev–Trinajstić information content (AvgIpc) is 3.29. The van der Waals surface area contributed by atoms with Gasteiger partial charge in [-0.3, -0.25) is 10.1 Å². The van der Waals surface area contributed by atoms with Gasteiger partial charge in [-0.25, -0.2) is 9.98 Å². The van der Waals surface area contributed by atoms with E-state index in [9.17, 15) is 0 Å². The summed E-state index contributed by atoms with van der Waals surface area (Å²) in [6, 6.07) is 17.9. The number of pyridine rings is 1. The molecule has 10 heteroatoms. The summed E-state index contributed by atoms with van der Waals surface area (Å²) in [7, 11) is 2.15.